The molecule has 5 nitrogen and oxygen atoms in total. The van der Waals surface area contributed by atoms with Crippen molar-refractivity contribution < 1.29 is 4.79 Å². The fourth-order valence-electron chi connectivity index (χ4n) is 1.86. The third kappa shape index (κ3) is 3.55. The molecule has 2 N–H and O–H groups in total. The van der Waals surface area contributed by atoms with Gasteiger partial charge >= 0.3 is 0 Å². The van der Waals surface area contributed by atoms with Crippen molar-refractivity contribution in [1.29, 1.82) is 0 Å². The summed E-state index contributed by atoms with van der Waals surface area (Å²) in [5.41, 5.74) is 0. The van der Waals surface area contributed by atoms with E-state index in [0.717, 1.165) is 31.5 Å². The zero-order chi connectivity index (χ0) is 13.1. The lowest BCUT2D eigenvalue weighted by Gasteiger charge is -2.13. The van der Waals surface area contributed by atoms with Gasteiger partial charge in [-0.05, 0) is 38.5 Å². The van der Waals surface area contributed by atoms with Gasteiger partial charge in [0.25, 0.3) is 5.91 Å². The van der Waals surface area contributed by atoms with Crippen molar-refractivity contribution in [3.63, 3.8) is 0 Å². The van der Waals surface area contributed by atoms with Gasteiger partial charge in [0.15, 0.2) is 0 Å². The Morgan fingerprint density at radius 1 is 1.39 bits per heavy atom. The molecule has 1 saturated carbocycles. The van der Waals surface area contributed by atoms with E-state index >= 15 is 0 Å². The highest BCUT2D eigenvalue weighted by molar-refractivity contribution is 5.90. The molecule has 0 saturated heterocycles. The minimum Gasteiger partial charge on any atom is -0.347 e. The third-order valence-corrected chi connectivity index (χ3v) is 3.22. The summed E-state index contributed by atoms with van der Waals surface area (Å²) in [6, 6.07) is 0.169. The molecule has 0 bridgehead atoms. The Hall–Kier alpha value is -1.39. The summed E-state index contributed by atoms with van der Waals surface area (Å²) in [6.07, 6.45) is 4.41. The molecule has 1 aliphatic carbocycles. The van der Waals surface area contributed by atoms with E-state index in [2.05, 4.69) is 34.3 Å². The lowest BCUT2D eigenvalue weighted by molar-refractivity contribution is 0.0927. The van der Waals surface area contributed by atoms with Gasteiger partial charge in [-0.3, -0.25) is 9.89 Å². The lowest BCUT2D eigenvalue weighted by atomic mass is 10.0. The second-order valence-corrected chi connectivity index (χ2v) is 5.66. The molecule has 5 heteroatoms. The Labute approximate surface area is 108 Å². The SMILES string of the molecule is CC(C)CCC(C)NC(=O)c1n[nH]c(C2CC2)n1. The molecule has 1 aliphatic rings. The molecule has 0 spiro atoms. The number of aromatic nitrogens is 3. The quantitative estimate of drug-likeness (QED) is 0.813. The minimum absolute atomic E-state index is 0.169. The van der Waals surface area contributed by atoms with Gasteiger partial charge in [-0.1, -0.05) is 13.8 Å². The van der Waals surface area contributed by atoms with Crippen LogP contribution in [0.2, 0.25) is 0 Å². The molecule has 1 atom stereocenters. The van der Waals surface area contributed by atoms with Gasteiger partial charge in [0, 0.05) is 12.0 Å². The van der Waals surface area contributed by atoms with E-state index in [-0.39, 0.29) is 17.8 Å². The predicted molar refractivity (Wildman–Crippen MR) is 69.4 cm³/mol. The Bertz CT molecular complexity index is 409. The minimum atomic E-state index is -0.172. The van der Waals surface area contributed by atoms with Crippen molar-refractivity contribution in [2.75, 3.05) is 0 Å². The van der Waals surface area contributed by atoms with E-state index in [9.17, 15) is 4.79 Å². The molecule has 1 aromatic heterocycles. The second kappa shape index (κ2) is 5.50. The largest absolute Gasteiger partial charge is 0.347 e. The normalized spacial score (nSPS) is 16.9. The molecule has 1 unspecified atom stereocenters. The highest BCUT2D eigenvalue weighted by Gasteiger charge is 2.28. The molecule has 1 amide bonds. The number of nitrogens with zero attached hydrogens (tertiary/aromatic N) is 2. The fraction of sp³-hybridized carbons (Fsp3) is 0.769. The Morgan fingerprint density at radius 3 is 2.72 bits per heavy atom. The van der Waals surface area contributed by atoms with Crippen molar-refractivity contribution >= 4 is 5.91 Å². The van der Waals surface area contributed by atoms with Gasteiger partial charge in [-0.25, -0.2) is 4.98 Å². The number of hydrogen-bond acceptors (Lipinski definition) is 3. The van der Waals surface area contributed by atoms with Crippen molar-refractivity contribution in [3.8, 4) is 0 Å². The summed E-state index contributed by atoms with van der Waals surface area (Å²) < 4.78 is 0. The number of amides is 1. The molecular formula is C13H22N4O. The first-order valence-corrected chi connectivity index (χ1v) is 6.79. The maximum Gasteiger partial charge on any atom is 0.291 e. The number of H-pyrrole nitrogens is 1. The number of rotatable bonds is 6. The van der Waals surface area contributed by atoms with Crippen LogP contribution in [0.5, 0.6) is 0 Å². The van der Waals surface area contributed by atoms with E-state index < -0.39 is 0 Å². The number of nitrogens with one attached hydrogen (secondary N) is 2. The van der Waals surface area contributed by atoms with Gasteiger partial charge in [0.05, 0.1) is 0 Å². The third-order valence-electron chi connectivity index (χ3n) is 3.22. The molecule has 1 fully saturated rings. The standard InChI is InChI=1S/C13H22N4O/c1-8(2)4-5-9(3)14-13(18)12-15-11(16-17-12)10-6-7-10/h8-10H,4-7H2,1-3H3,(H,14,18)(H,15,16,17). The van der Waals surface area contributed by atoms with Crippen LogP contribution in [-0.4, -0.2) is 27.1 Å². The molecular weight excluding hydrogens is 228 g/mol. The van der Waals surface area contributed by atoms with Crippen LogP contribution in [0.25, 0.3) is 0 Å². The summed E-state index contributed by atoms with van der Waals surface area (Å²) >= 11 is 0. The van der Waals surface area contributed by atoms with Crippen LogP contribution in [0.15, 0.2) is 0 Å². The van der Waals surface area contributed by atoms with E-state index in [4.69, 9.17) is 0 Å². The fourth-order valence-corrected chi connectivity index (χ4v) is 1.86. The summed E-state index contributed by atoms with van der Waals surface area (Å²) in [5, 5.41) is 9.77. The van der Waals surface area contributed by atoms with Gasteiger partial charge in [-0.2, -0.15) is 0 Å². The highest BCUT2D eigenvalue weighted by Crippen LogP contribution is 2.37. The molecule has 1 heterocycles. The van der Waals surface area contributed by atoms with Crippen LogP contribution < -0.4 is 5.32 Å². The van der Waals surface area contributed by atoms with Crippen LogP contribution in [0.4, 0.5) is 0 Å². The molecule has 0 aliphatic heterocycles. The summed E-state index contributed by atoms with van der Waals surface area (Å²) in [5.74, 6) is 2.12. The monoisotopic (exact) mass is 250 g/mol. The van der Waals surface area contributed by atoms with Gasteiger partial charge in [0.1, 0.15) is 5.82 Å². The van der Waals surface area contributed by atoms with Gasteiger partial charge < -0.3 is 5.32 Å². The van der Waals surface area contributed by atoms with Crippen LogP contribution in [-0.2, 0) is 0 Å². The molecule has 2 rings (SSSR count). The zero-order valence-electron chi connectivity index (χ0n) is 11.4. The molecule has 18 heavy (non-hydrogen) atoms. The van der Waals surface area contributed by atoms with E-state index in [1.807, 2.05) is 6.92 Å². The predicted octanol–water partition coefficient (Wildman–Crippen LogP) is 2.24. The highest BCUT2D eigenvalue weighted by atomic mass is 16.2. The second-order valence-electron chi connectivity index (χ2n) is 5.66. The van der Waals surface area contributed by atoms with Crippen molar-refractivity contribution in [3.05, 3.63) is 11.6 Å². The zero-order valence-corrected chi connectivity index (χ0v) is 11.4. The van der Waals surface area contributed by atoms with Crippen LogP contribution in [0, 0.1) is 5.92 Å². The Balaban J connectivity index is 1.82. The van der Waals surface area contributed by atoms with Gasteiger partial charge in [0.2, 0.25) is 5.82 Å². The maximum absolute atomic E-state index is 11.9. The van der Waals surface area contributed by atoms with Crippen molar-refractivity contribution in [2.24, 2.45) is 5.92 Å². The number of hydrogen-bond donors (Lipinski definition) is 2. The molecule has 0 aromatic carbocycles. The summed E-state index contributed by atoms with van der Waals surface area (Å²) in [6.45, 7) is 6.40. The van der Waals surface area contributed by atoms with E-state index in [1.165, 1.54) is 0 Å². The van der Waals surface area contributed by atoms with Crippen molar-refractivity contribution in [1.82, 2.24) is 20.5 Å². The Kier molecular flexibility index (Phi) is 3.99. The van der Waals surface area contributed by atoms with Crippen molar-refractivity contribution in [2.45, 2.75) is 58.4 Å². The molecule has 0 radical (unpaired) electrons. The smallest absolute Gasteiger partial charge is 0.291 e. The summed E-state index contributed by atoms with van der Waals surface area (Å²) in [7, 11) is 0. The van der Waals surface area contributed by atoms with E-state index in [1.54, 1.807) is 0 Å². The molecule has 100 valence electrons. The van der Waals surface area contributed by atoms with Crippen LogP contribution in [0.1, 0.15) is 68.8 Å². The molecule has 1 aromatic rings. The lowest BCUT2D eigenvalue weighted by Crippen LogP contribution is -2.33. The van der Waals surface area contributed by atoms with Gasteiger partial charge in [-0.15, -0.1) is 5.10 Å². The topological polar surface area (TPSA) is 70.7 Å². The average Bonchev–Trinajstić information content (AvgIpc) is 3.04. The average molecular weight is 250 g/mol. The number of aromatic amines is 1. The number of carbonyl (C=O) groups is 1. The number of carbonyl (C=O) groups excluding carboxylic acids is 1. The Morgan fingerprint density at radius 2 is 2.11 bits per heavy atom. The first-order chi connectivity index (χ1) is 8.56. The maximum atomic E-state index is 11.9. The first-order valence-electron chi connectivity index (χ1n) is 6.79. The first kappa shape index (κ1) is 13.1. The van der Waals surface area contributed by atoms with Crippen LogP contribution >= 0.6 is 0 Å². The summed E-state index contributed by atoms with van der Waals surface area (Å²) in [4.78, 5) is 16.1. The van der Waals surface area contributed by atoms with Crippen LogP contribution in [0.3, 0.4) is 0 Å². The van der Waals surface area contributed by atoms with E-state index in [0.29, 0.717) is 11.8 Å².